The highest BCUT2D eigenvalue weighted by atomic mass is 16.3. The molecule has 0 aromatic carbocycles. The number of aryl methyl sites for hydroxylation is 2. The van der Waals surface area contributed by atoms with Crippen LogP contribution in [0.1, 0.15) is 36.1 Å². The van der Waals surface area contributed by atoms with Gasteiger partial charge in [-0.05, 0) is 38.9 Å². The summed E-state index contributed by atoms with van der Waals surface area (Å²) >= 11 is 0. The van der Waals surface area contributed by atoms with Gasteiger partial charge in [0.1, 0.15) is 11.5 Å². The van der Waals surface area contributed by atoms with Gasteiger partial charge in [0.2, 0.25) is 0 Å². The molecule has 1 N–H and O–H groups in total. The van der Waals surface area contributed by atoms with Crippen molar-refractivity contribution in [1.29, 1.82) is 0 Å². The van der Waals surface area contributed by atoms with Crippen LogP contribution in [-0.4, -0.2) is 16.3 Å². The van der Waals surface area contributed by atoms with Gasteiger partial charge in [-0.15, -0.1) is 0 Å². The molecular formula is C14H21N3O. The summed E-state index contributed by atoms with van der Waals surface area (Å²) < 4.78 is 7.68. The molecule has 0 aliphatic carbocycles. The maximum Gasteiger partial charge on any atom is 0.118 e. The summed E-state index contributed by atoms with van der Waals surface area (Å²) in [6, 6.07) is 4.13. The molecule has 0 unspecified atom stereocenters. The van der Waals surface area contributed by atoms with Crippen molar-refractivity contribution in [1.82, 2.24) is 15.1 Å². The van der Waals surface area contributed by atoms with Gasteiger partial charge >= 0.3 is 0 Å². The maximum atomic E-state index is 5.74. The van der Waals surface area contributed by atoms with E-state index in [-0.39, 0.29) is 0 Å². The molecule has 18 heavy (non-hydrogen) atoms. The average molecular weight is 247 g/mol. The Labute approximate surface area is 108 Å². The third-order valence-corrected chi connectivity index (χ3v) is 2.90. The van der Waals surface area contributed by atoms with Crippen LogP contribution in [0.5, 0.6) is 0 Å². The average Bonchev–Trinajstić information content (AvgIpc) is 2.88. The molecular weight excluding hydrogens is 226 g/mol. The van der Waals surface area contributed by atoms with Gasteiger partial charge in [-0.1, -0.05) is 6.92 Å². The Kier molecular flexibility index (Phi) is 4.20. The highest BCUT2D eigenvalue weighted by Crippen LogP contribution is 2.15. The predicted molar refractivity (Wildman–Crippen MR) is 71.5 cm³/mol. The van der Waals surface area contributed by atoms with Crippen molar-refractivity contribution < 1.29 is 4.42 Å². The molecule has 0 radical (unpaired) electrons. The number of aromatic nitrogens is 2. The van der Waals surface area contributed by atoms with Crippen molar-refractivity contribution in [3.63, 3.8) is 0 Å². The molecule has 0 bridgehead atoms. The summed E-state index contributed by atoms with van der Waals surface area (Å²) in [5.74, 6) is 1.98. The number of rotatable bonds is 6. The third kappa shape index (κ3) is 3.23. The van der Waals surface area contributed by atoms with E-state index < -0.39 is 0 Å². The van der Waals surface area contributed by atoms with Gasteiger partial charge in [0.15, 0.2) is 0 Å². The summed E-state index contributed by atoms with van der Waals surface area (Å²) in [6.07, 6.45) is 3.13. The van der Waals surface area contributed by atoms with Crippen molar-refractivity contribution in [2.75, 3.05) is 6.54 Å². The molecule has 2 rings (SSSR count). The van der Waals surface area contributed by atoms with Crippen LogP contribution in [0.15, 0.2) is 22.7 Å². The Morgan fingerprint density at radius 1 is 1.39 bits per heavy atom. The largest absolute Gasteiger partial charge is 0.465 e. The maximum absolute atomic E-state index is 5.74. The molecule has 0 saturated heterocycles. The SMILES string of the molecule is CCCNCc1cc(Cn2ccc(C)n2)c(C)o1. The third-order valence-electron chi connectivity index (χ3n) is 2.90. The zero-order valence-corrected chi connectivity index (χ0v) is 11.4. The second-order valence-corrected chi connectivity index (χ2v) is 4.63. The molecule has 2 aromatic rings. The molecule has 0 saturated carbocycles. The van der Waals surface area contributed by atoms with E-state index in [4.69, 9.17) is 4.42 Å². The van der Waals surface area contributed by atoms with Crippen LogP contribution < -0.4 is 5.32 Å². The van der Waals surface area contributed by atoms with Crippen LogP contribution >= 0.6 is 0 Å². The van der Waals surface area contributed by atoms with E-state index in [9.17, 15) is 0 Å². The fourth-order valence-corrected chi connectivity index (χ4v) is 1.95. The Balaban J connectivity index is 2.00. The molecule has 0 aliphatic heterocycles. The highest BCUT2D eigenvalue weighted by Gasteiger charge is 2.08. The van der Waals surface area contributed by atoms with E-state index >= 15 is 0 Å². The predicted octanol–water partition coefficient (Wildman–Crippen LogP) is 2.64. The van der Waals surface area contributed by atoms with Gasteiger partial charge in [-0.25, -0.2) is 0 Å². The summed E-state index contributed by atoms with van der Waals surface area (Å²) in [4.78, 5) is 0. The number of hydrogen-bond acceptors (Lipinski definition) is 3. The van der Waals surface area contributed by atoms with Gasteiger partial charge in [-0.3, -0.25) is 4.68 Å². The van der Waals surface area contributed by atoms with E-state index in [0.29, 0.717) is 0 Å². The van der Waals surface area contributed by atoms with Crippen molar-refractivity contribution >= 4 is 0 Å². The minimum absolute atomic E-state index is 0.775. The quantitative estimate of drug-likeness (QED) is 0.798. The number of nitrogens with one attached hydrogen (secondary N) is 1. The van der Waals surface area contributed by atoms with Gasteiger partial charge in [0.25, 0.3) is 0 Å². The number of hydrogen-bond donors (Lipinski definition) is 1. The van der Waals surface area contributed by atoms with Crippen molar-refractivity contribution in [3.05, 3.63) is 41.1 Å². The van der Waals surface area contributed by atoms with Crippen molar-refractivity contribution in [2.24, 2.45) is 0 Å². The Morgan fingerprint density at radius 2 is 2.22 bits per heavy atom. The second-order valence-electron chi connectivity index (χ2n) is 4.63. The molecule has 0 spiro atoms. The van der Waals surface area contributed by atoms with Gasteiger partial charge < -0.3 is 9.73 Å². The number of nitrogens with zero attached hydrogens (tertiary/aromatic N) is 2. The Hall–Kier alpha value is -1.55. The molecule has 0 amide bonds. The van der Waals surface area contributed by atoms with Gasteiger partial charge in [0, 0.05) is 11.8 Å². The van der Waals surface area contributed by atoms with Crippen LogP contribution in [0, 0.1) is 13.8 Å². The first kappa shape index (κ1) is 12.9. The molecule has 4 nitrogen and oxygen atoms in total. The second kappa shape index (κ2) is 5.87. The lowest BCUT2D eigenvalue weighted by atomic mass is 10.2. The first-order valence-corrected chi connectivity index (χ1v) is 6.48. The van der Waals surface area contributed by atoms with E-state index in [2.05, 4.69) is 23.4 Å². The van der Waals surface area contributed by atoms with Crippen LogP contribution in [0.4, 0.5) is 0 Å². The number of furan rings is 1. The Bertz CT molecular complexity index is 499. The molecule has 0 aliphatic rings. The molecule has 98 valence electrons. The summed E-state index contributed by atoms with van der Waals surface area (Å²) in [6.45, 7) is 8.76. The fraction of sp³-hybridized carbons (Fsp3) is 0.500. The highest BCUT2D eigenvalue weighted by molar-refractivity contribution is 5.21. The molecule has 4 heteroatoms. The normalized spacial score (nSPS) is 11.1. The molecule has 0 atom stereocenters. The molecule has 0 fully saturated rings. The first-order chi connectivity index (χ1) is 8.69. The topological polar surface area (TPSA) is 43.0 Å². The molecule has 2 heterocycles. The zero-order valence-electron chi connectivity index (χ0n) is 11.4. The first-order valence-electron chi connectivity index (χ1n) is 6.48. The van der Waals surface area contributed by atoms with Gasteiger partial charge in [0.05, 0.1) is 18.8 Å². The van der Waals surface area contributed by atoms with E-state index in [1.807, 2.05) is 30.8 Å². The van der Waals surface area contributed by atoms with E-state index in [0.717, 1.165) is 43.3 Å². The fourth-order valence-electron chi connectivity index (χ4n) is 1.95. The summed E-state index contributed by atoms with van der Waals surface area (Å²) in [5.41, 5.74) is 2.24. The van der Waals surface area contributed by atoms with E-state index in [1.165, 1.54) is 5.56 Å². The summed E-state index contributed by atoms with van der Waals surface area (Å²) in [5, 5.41) is 7.73. The van der Waals surface area contributed by atoms with Crippen LogP contribution in [0.3, 0.4) is 0 Å². The van der Waals surface area contributed by atoms with Crippen molar-refractivity contribution in [2.45, 2.75) is 40.3 Å². The minimum Gasteiger partial charge on any atom is -0.465 e. The lowest BCUT2D eigenvalue weighted by Gasteiger charge is -1.98. The van der Waals surface area contributed by atoms with Crippen molar-refractivity contribution in [3.8, 4) is 0 Å². The van der Waals surface area contributed by atoms with Crippen LogP contribution in [0.2, 0.25) is 0 Å². The molecule has 2 aromatic heterocycles. The minimum atomic E-state index is 0.775. The smallest absolute Gasteiger partial charge is 0.118 e. The summed E-state index contributed by atoms with van der Waals surface area (Å²) in [7, 11) is 0. The van der Waals surface area contributed by atoms with E-state index in [1.54, 1.807) is 0 Å². The van der Waals surface area contributed by atoms with Gasteiger partial charge in [-0.2, -0.15) is 5.10 Å². The standard InChI is InChI=1S/C14H21N3O/c1-4-6-15-9-14-8-13(12(3)18-14)10-17-7-5-11(2)16-17/h5,7-8,15H,4,6,9-10H2,1-3H3. The Morgan fingerprint density at radius 3 is 2.89 bits per heavy atom. The lowest BCUT2D eigenvalue weighted by Crippen LogP contribution is -2.13. The zero-order chi connectivity index (χ0) is 13.0. The lowest BCUT2D eigenvalue weighted by molar-refractivity contribution is 0.459. The monoisotopic (exact) mass is 247 g/mol. The van der Waals surface area contributed by atoms with Crippen LogP contribution in [0.25, 0.3) is 0 Å². The van der Waals surface area contributed by atoms with Crippen LogP contribution in [-0.2, 0) is 13.1 Å².